The van der Waals surface area contributed by atoms with E-state index in [1.807, 2.05) is 0 Å². The lowest BCUT2D eigenvalue weighted by Crippen LogP contribution is -2.26. The van der Waals surface area contributed by atoms with Crippen LogP contribution in [0.5, 0.6) is 0 Å². The number of unbranched alkanes of at least 4 members (excludes halogenated alkanes) is 7. The summed E-state index contributed by atoms with van der Waals surface area (Å²) in [6.45, 7) is 6.22. The highest BCUT2D eigenvalue weighted by Crippen LogP contribution is 2.43. The van der Waals surface area contributed by atoms with Crippen molar-refractivity contribution in [1.82, 2.24) is 0 Å². The summed E-state index contributed by atoms with van der Waals surface area (Å²) >= 11 is 0. The first-order valence-corrected chi connectivity index (χ1v) is 16.9. The van der Waals surface area contributed by atoms with Crippen LogP contribution < -0.4 is 0 Å². The summed E-state index contributed by atoms with van der Waals surface area (Å²) in [5.74, 6) is 6.44. The fourth-order valence-electron chi connectivity index (χ4n) is 8.32. The Labute approximate surface area is 221 Å². The van der Waals surface area contributed by atoms with Crippen LogP contribution in [0.15, 0.2) is 12.7 Å². The van der Waals surface area contributed by atoms with Gasteiger partial charge in [0.2, 0.25) is 0 Å². The van der Waals surface area contributed by atoms with E-state index < -0.39 is 0 Å². The Morgan fingerprint density at radius 1 is 0.457 bits per heavy atom. The van der Waals surface area contributed by atoms with Gasteiger partial charge in [-0.15, -0.1) is 6.58 Å². The van der Waals surface area contributed by atoms with Gasteiger partial charge >= 0.3 is 0 Å². The van der Waals surface area contributed by atoms with Gasteiger partial charge in [0.05, 0.1) is 0 Å². The van der Waals surface area contributed by atoms with Crippen molar-refractivity contribution in [3.8, 4) is 0 Å². The highest BCUT2D eigenvalue weighted by atomic mass is 14.4. The molecule has 0 radical (unpaired) electrons. The Hall–Kier alpha value is -0.260. The minimum absolute atomic E-state index is 1.01. The standard InChI is InChI=1S/C35H64/c1-3-5-7-8-9-10-11-15-32-22-26-34(27-23-32)35-28-24-33(25-29-35)17-13-12-16-31-20-18-30(19-21-31)14-6-4-2/h4,30-35H,2-3,5-29H2,1H3/t30-,31-,32-,33-,34-,35-. The summed E-state index contributed by atoms with van der Waals surface area (Å²) < 4.78 is 0. The van der Waals surface area contributed by atoms with Crippen molar-refractivity contribution in [2.24, 2.45) is 35.5 Å². The maximum Gasteiger partial charge on any atom is -0.0351 e. The summed E-state index contributed by atoms with van der Waals surface area (Å²) in [5, 5.41) is 0. The highest BCUT2D eigenvalue weighted by molar-refractivity contribution is 4.82. The molecule has 0 aromatic heterocycles. The monoisotopic (exact) mass is 485 g/mol. The minimum Gasteiger partial charge on any atom is -0.103 e. The van der Waals surface area contributed by atoms with Crippen LogP contribution in [-0.4, -0.2) is 0 Å². The lowest BCUT2D eigenvalue weighted by Gasteiger charge is -2.38. The van der Waals surface area contributed by atoms with E-state index in [1.54, 1.807) is 64.2 Å². The van der Waals surface area contributed by atoms with E-state index in [9.17, 15) is 0 Å². The first-order chi connectivity index (χ1) is 17.3. The zero-order valence-electron chi connectivity index (χ0n) is 24.1. The van der Waals surface area contributed by atoms with Crippen molar-refractivity contribution in [3.63, 3.8) is 0 Å². The van der Waals surface area contributed by atoms with Gasteiger partial charge in [0.25, 0.3) is 0 Å². The molecule has 204 valence electrons. The Bertz CT molecular complexity index is 496. The fourth-order valence-corrected chi connectivity index (χ4v) is 8.32. The molecule has 0 amide bonds. The molecule has 0 aliphatic heterocycles. The molecule has 0 aromatic rings. The number of allylic oxidation sites excluding steroid dienone is 1. The minimum atomic E-state index is 1.01. The number of hydrogen-bond acceptors (Lipinski definition) is 0. The Kier molecular flexibility index (Phi) is 15.1. The van der Waals surface area contributed by atoms with Gasteiger partial charge < -0.3 is 0 Å². The van der Waals surface area contributed by atoms with Gasteiger partial charge in [-0.3, -0.25) is 0 Å². The predicted octanol–water partition coefficient (Wildman–Crippen LogP) is 12.1. The summed E-state index contributed by atoms with van der Waals surface area (Å²) in [6.07, 6.45) is 41.3. The second-order valence-corrected chi connectivity index (χ2v) is 13.5. The van der Waals surface area contributed by atoms with Crippen LogP contribution in [0, 0.1) is 35.5 Å². The molecule has 0 aromatic carbocycles. The second-order valence-electron chi connectivity index (χ2n) is 13.5. The van der Waals surface area contributed by atoms with Gasteiger partial charge in [-0.05, 0) is 74.0 Å². The Morgan fingerprint density at radius 3 is 1.23 bits per heavy atom. The molecule has 3 fully saturated rings. The molecular formula is C35H64. The molecule has 0 N–H and O–H groups in total. The average Bonchev–Trinajstić information content (AvgIpc) is 2.91. The van der Waals surface area contributed by atoms with Crippen molar-refractivity contribution in [3.05, 3.63) is 12.7 Å². The predicted molar refractivity (Wildman–Crippen MR) is 157 cm³/mol. The van der Waals surface area contributed by atoms with Crippen LogP contribution in [0.25, 0.3) is 0 Å². The molecule has 35 heavy (non-hydrogen) atoms. The maximum absolute atomic E-state index is 3.90. The van der Waals surface area contributed by atoms with Gasteiger partial charge in [0.15, 0.2) is 0 Å². The average molecular weight is 485 g/mol. The van der Waals surface area contributed by atoms with Crippen LogP contribution in [-0.2, 0) is 0 Å². The van der Waals surface area contributed by atoms with E-state index in [0.29, 0.717) is 0 Å². The summed E-state index contributed by atoms with van der Waals surface area (Å²) in [4.78, 5) is 0. The summed E-state index contributed by atoms with van der Waals surface area (Å²) in [5.41, 5.74) is 0. The lowest BCUT2D eigenvalue weighted by molar-refractivity contribution is 0.139. The normalized spacial score (nSPS) is 31.9. The third-order valence-electron chi connectivity index (χ3n) is 10.9. The molecule has 3 aliphatic carbocycles. The van der Waals surface area contributed by atoms with Gasteiger partial charge in [0, 0.05) is 0 Å². The number of rotatable bonds is 17. The molecule has 0 bridgehead atoms. The quantitative estimate of drug-likeness (QED) is 0.142. The van der Waals surface area contributed by atoms with Crippen LogP contribution >= 0.6 is 0 Å². The first-order valence-electron chi connectivity index (χ1n) is 16.9. The topological polar surface area (TPSA) is 0 Å². The molecule has 0 spiro atoms. The molecule has 3 saturated carbocycles. The van der Waals surface area contributed by atoms with Crippen molar-refractivity contribution >= 4 is 0 Å². The zero-order valence-corrected chi connectivity index (χ0v) is 24.1. The molecular weight excluding hydrogens is 420 g/mol. The highest BCUT2D eigenvalue weighted by Gasteiger charge is 2.30. The molecule has 0 nitrogen and oxygen atoms in total. The maximum atomic E-state index is 3.90. The van der Waals surface area contributed by atoms with Crippen LogP contribution in [0.1, 0.15) is 174 Å². The van der Waals surface area contributed by atoms with E-state index in [4.69, 9.17) is 0 Å². The fraction of sp³-hybridized carbons (Fsp3) is 0.943. The van der Waals surface area contributed by atoms with Gasteiger partial charge in [-0.1, -0.05) is 141 Å². The van der Waals surface area contributed by atoms with Crippen molar-refractivity contribution < 1.29 is 0 Å². The third-order valence-corrected chi connectivity index (χ3v) is 10.9. The SMILES string of the molecule is C=CCC[C@H]1CC[C@H](CCCC[C@H]2CC[C@H]([C@H]3CC[C@H](CCCCCCCCC)CC3)CC2)CC1. The zero-order chi connectivity index (χ0) is 24.6. The molecule has 0 unspecified atom stereocenters. The van der Waals surface area contributed by atoms with E-state index in [2.05, 4.69) is 19.6 Å². The van der Waals surface area contributed by atoms with E-state index in [-0.39, 0.29) is 0 Å². The summed E-state index contributed by atoms with van der Waals surface area (Å²) in [6, 6.07) is 0. The first kappa shape index (κ1) is 29.3. The third kappa shape index (κ3) is 11.8. The van der Waals surface area contributed by atoms with E-state index >= 15 is 0 Å². The van der Waals surface area contributed by atoms with Crippen LogP contribution in [0.4, 0.5) is 0 Å². The van der Waals surface area contributed by atoms with E-state index in [0.717, 1.165) is 35.5 Å². The molecule has 0 atom stereocenters. The largest absolute Gasteiger partial charge is 0.103 e. The van der Waals surface area contributed by atoms with Crippen molar-refractivity contribution in [1.29, 1.82) is 0 Å². The molecule has 0 saturated heterocycles. The van der Waals surface area contributed by atoms with Gasteiger partial charge in [-0.2, -0.15) is 0 Å². The Balaban J connectivity index is 1.15. The molecule has 3 rings (SSSR count). The number of hydrogen-bond donors (Lipinski definition) is 0. The van der Waals surface area contributed by atoms with Crippen molar-refractivity contribution in [2.45, 2.75) is 174 Å². The van der Waals surface area contributed by atoms with Crippen LogP contribution in [0.2, 0.25) is 0 Å². The summed E-state index contributed by atoms with van der Waals surface area (Å²) in [7, 11) is 0. The second kappa shape index (κ2) is 18.1. The lowest BCUT2D eigenvalue weighted by atomic mass is 9.68. The van der Waals surface area contributed by atoms with E-state index in [1.165, 1.54) is 103 Å². The van der Waals surface area contributed by atoms with Gasteiger partial charge in [0.1, 0.15) is 0 Å². The molecule has 3 aliphatic rings. The van der Waals surface area contributed by atoms with Crippen molar-refractivity contribution in [2.75, 3.05) is 0 Å². The Morgan fingerprint density at radius 2 is 0.800 bits per heavy atom. The van der Waals surface area contributed by atoms with Gasteiger partial charge in [-0.25, -0.2) is 0 Å². The molecule has 0 heterocycles. The molecule has 0 heteroatoms. The van der Waals surface area contributed by atoms with Crippen LogP contribution in [0.3, 0.4) is 0 Å². The smallest absolute Gasteiger partial charge is 0.0351 e.